The van der Waals surface area contributed by atoms with Crippen LogP contribution in [-0.4, -0.2) is 24.8 Å². The Morgan fingerprint density at radius 2 is 2.00 bits per heavy atom. The molecule has 1 aliphatic rings. The molecule has 0 atom stereocenters. The van der Waals surface area contributed by atoms with E-state index in [0.717, 1.165) is 30.8 Å². The predicted molar refractivity (Wildman–Crippen MR) is 105 cm³/mol. The molecule has 0 amide bonds. The first-order valence-corrected chi connectivity index (χ1v) is 8.95. The van der Waals surface area contributed by atoms with Crippen molar-refractivity contribution in [1.29, 1.82) is 0 Å². The van der Waals surface area contributed by atoms with Crippen molar-refractivity contribution < 1.29 is 0 Å². The Labute approximate surface area is 153 Å². The van der Waals surface area contributed by atoms with Crippen LogP contribution in [0.4, 0.5) is 17.1 Å². The van der Waals surface area contributed by atoms with E-state index >= 15 is 0 Å². The molecule has 0 heterocycles. The number of hydrogen-bond donors (Lipinski definition) is 1. The second-order valence-electron chi connectivity index (χ2n) is 6.02. The Morgan fingerprint density at radius 3 is 2.79 bits per heavy atom. The summed E-state index contributed by atoms with van der Waals surface area (Å²) in [5, 5.41) is 4.63. The molecule has 5 heteroatoms. The van der Waals surface area contributed by atoms with Gasteiger partial charge in [-0.1, -0.05) is 35.3 Å². The van der Waals surface area contributed by atoms with Gasteiger partial charge in [-0.3, -0.25) is 0 Å². The van der Waals surface area contributed by atoms with Gasteiger partial charge in [0.15, 0.2) is 0 Å². The third-order valence-corrected chi connectivity index (χ3v) is 4.96. The lowest BCUT2D eigenvalue weighted by Gasteiger charge is -2.14. The summed E-state index contributed by atoms with van der Waals surface area (Å²) in [6.45, 7) is 2.94. The summed E-state index contributed by atoms with van der Waals surface area (Å²) < 4.78 is 0. The standard InChI is InChI=1S/C19H21Cl2N3/c1-3-24(2)12-22-18-10-16(21)19(11-15(18)20)23-17-9-5-7-13-6-4-8-14(13)17/h5,7,9-12,23H,3-4,6,8H2,1-2H3. The Balaban J connectivity index is 1.86. The molecule has 0 unspecified atom stereocenters. The molecule has 2 aromatic carbocycles. The summed E-state index contributed by atoms with van der Waals surface area (Å²) in [6.07, 6.45) is 5.23. The zero-order chi connectivity index (χ0) is 17.1. The smallest absolute Gasteiger partial charge is 0.0910 e. The second-order valence-corrected chi connectivity index (χ2v) is 6.84. The highest BCUT2D eigenvalue weighted by Gasteiger charge is 2.15. The van der Waals surface area contributed by atoms with Gasteiger partial charge in [0.2, 0.25) is 0 Å². The van der Waals surface area contributed by atoms with E-state index in [9.17, 15) is 0 Å². The summed E-state index contributed by atoms with van der Waals surface area (Å²) in [6, 6.07) is 10.0. The number of benzene rings is 2. The van der Waals surface area contributed by atoms with Crippen LogP contribution in [0.5, 0.6) is 0 Å². The second kappa shape index (κ2) is 7.45. The molecular weight excluding hydrogens is 341 g/mol. The maximum Gasteiger partial charge on any atom is 0.0910 e. The van der Waals surface area contributed by atoms with E-state index in [1.807, 2.05) is 18.0 Å². The van der Waals surface area contributed by atoms with Gasteiger partial charge in [0.05, 0.1) is 27.8 Å². The minimum atomic E-state index is 0.579. The minimum absolute atomic E-state index is 0.579. The lowest BCUT2D eigenvalue weighted by atomic mass is 10.1. The quantitative estimate of drug-likeness (QED) is 0.535. The maximum atomic E-state index is 6.44. The monoisotopic (exact) mass is 361 g/mol. The van der Waals surface area contributed by atoms with Crippen LogP contribution in [0.25, 0.3) is 0 Å². The SMILES string of the molecule is CCN(C)C=Nc1cc(Cl)c(Nc2cccc3c2CCC3)cc1Cl. The van der Waals surface area contributed by atoms with Crippen molar-refractivity contribution in [3.05, 3.63) is 51.5 Å². The Bertz CT molecular complexity index is 771. The normalized spacial score (nSPS) is 13.3. The first kappa shape index (κ1) is 17.1. The summed E-state index contributed by atoms with van der Waals surface area (Å²) in [4.78, 5) is 6.38. The Hall–Kier alpha value is -1.71. The number of anilines is 2. The summed E-state index contributed by atoms with van der Waals surface area (Å²) >= 11 is 12.8. The van der Waals surface area contributed by atoms with E-state index in [1.54, 1.807) is 12.4 Å². The van der Waals surface area contributed by atoms with Crippen LogP contribution in [0, 0.1) is 0 Å². The molecule has 1 N–H and O–H groups in total. The lowest BCUT2D eigenvalue weighted by Crippen LogP contribution is -2.14. The van der Waals surface area contributed by atoms with Crippen molar-refractivity contribution in [1.82, 2.24) is 4.90 Å². The average Bonchev–Trinajstić information content (AvgIpc) is 3.06. The van der Waals surface area contributed by atoms with Crippen molar-refractivity contribution >= 4 is 46.6 Å². The Morgan fingerprint density at radius 1 is 1.17 bits per heavy atom. The van der Waals surface area contributed by atoms with Gasteiger partial charge in [-0.15, -0.1) is 0 Å². The molecule has 0 radical (unpaired) electrons. The molecule has 126 valence electrons. The van der Waals surface area contributed by atoms with Crippen LogP contribution in [-0.2, 0) is 12.8 Å². The van der Waals surface area contributed by atoms with E-state index in [-0.39, 0.29) is 0 Å². The molecule has 3 nitrogen and oxygen atoms in total. The lowest BCUT2D eigenvalue weighted by molar-refractivity contribution is 0.552. The van der Waals surface area contributed by atoms with Gasteiger partial charge >= 0.3 is 0 Å². The third kappa shape index (κ3) is 3.68. The number of nitrogens with one attached hydrogen (secondary N) is 1. The number of fused-ring (bicyclic) bond motifs is 1. The molecule has 0 aliphatic heterocycles. The number of aryl methyl sites for hydroxylation is 1. The molecule has 3 rings (SSSR count). The third-order valence-electron chi connectivity index (χ3n) is 4.34. The van der Waals surface area contributed by atoms with E-state index < -0.39 is 0 Å². The van der Waals surface area contributed by atoms with Crippen LogP contribution in [0.3, 0.4) is 0 Å². The summed E-state index contributed by atoms with van der Waals surface area (Å²) in [5.41, 5.74) is 5.41. The maximum absolute atomic E-state index is 6.44. The van der Waals surface area contributed by atoms with E-state index in [1.165, 1.54) is 17.5 Å². The van der Waals surface area contributed by atoms with Gasteiger partial charge < -0.3 is 10.2 Å². The molecule has 0 fully saturated rings. The Kier molecular flexibility index (Phi) is 5.32. The van der Waals surface area contributed by atoms with Crippen molar-refractivity contribution in [2.75, 3.05) is 18.9 Å². The van der Waals surface area contributed by atoms with Crippen LogP contribution in [0.15, 0.2) is 35.3 Å². The topological polar surface area (TPSA) is 27.6 Å². The number of nitrogens with zero attached hydrogens (tertiary/aromatic N) is 2. The highest BCUT2D eigenvalue weighted by molar-refractivity contribution is 6.37. The zero-order valence-corrected chi connectivity index (χ0v) is 15.5. The van der Waals surface area contributed by atoms with Crippen LogP contribution in [0.1, 0.15) is 24.5 Å². The first-order chi connectivity index (χ1) is 11.6. The molecule has 2 aromatic rings. The molecule has 24 heavy (non-hydrogen) atoms. The molecule has 0 saturated heterocycles. The van der Waals surface area contributed by atoms with Crippen molar-refractivity contribution in [3.8, 4) is 0 Å². The predicted octanol–water partition coefficient (Wildman–Crippen LogP) is 5.84. The first-order valence-electron chi connectivity index (χ1n) is 8.19. The van der Waals surface area contributed by atoms with Gasteiger partial charge in [-0.05, 0) is 55.5 Å². The van der Waals surface area contributed by atoms with Crippen molar-refractivity contribution in [2.45, 2.75) is 26.2 Å². The van der Waals surface area contributed by atoms with Crippen molar-refractivity contribution in [3.63, 3.8) is 0 Å². The van der Waals surface area contributed by atoms with E-state index in [4.69, 9.17) is 23.2 Å². The fraction of sp³-hybridized carbons (Fsp3) is 0.316. The van der Waals surface area contributed by atoms with Gasteiger partial charge in [0, 0.05) is 19.3 Å². The number of rotatable bonds is 5. The van der Waals surface area contributed by atoms with Crippen molar-refractivity contribution in [2.24, 2.45) is 4.99 Å². The van der Waals surface area contributed by atoms with Gasteiger partial charge in [0.1, 0.15) is 0 Å². The largest absolute Gasteiger partial charge is 0.366 e. The molecule has 0 aromatic heterocycles. The van der Waals surface area contributed by atoms with E-state index in [0.29, 0.717) is 15.7 Å². The van der Waals surface area contributed by atoms with Crippen LogP contribution >= 0.6 is 23.2 Å². The molecule has 0 bridgehead atoms. The summed E-state index contributed by atoms with van der Waals surface area (Å²) in [5.74, 6) is 0. The van der Waals surface area contributed by atoms with Gasteiger partial charge in [-0.2, -0.15) is 0 Å². The molecular formula is C19H21Cl2N3. The number of halogens is 2. The number of hydrogen-bond acceptors (Lipinski definition) is 2. The molecule has 0 saturated carbocycles. The summed E-state index contributed by atoms with van der Waals surface area (Å²) in [7, 11) is 1.96. The highest BCUT2D eigenvalue weighted by atomic mass is 35.5. The fourth-order valence-corrected chi connectivity index (χ4v) is 3.27. The highest BCUT2D eigenvalue weighted by Crippen LogP contribution is 2.37. The molecule has 1 aliphatic carbocycles. The minimum Gasteiger partial charge on any atom is -0.366 e. The average molecular weight is 362 g/mol. The van der Waals surface area contributed by atoms with Gasteiger partial charge in [-0.25, -0.2) is 4.99 Å². The fourth-order valence-electron chi connectivity index (χ4n) is 2.86. The van der Waals surface area contributed by atoms with Crippen LogP contribution in [0.2, 0.25) is 10.0 Å². The number of aliphatic imine (C=N–C) groups is 1. The van der Waals surface area contributed by atoms with Crippen LogP contribution < -0.4 is 5.32 Å². The molecule has 0 spiro atoms. The van der Waals surface area contributed by atoms with E-state index in [2.05, 4.69) is 35.4 Å². The van der Waals surface area contributed by atoms with Gasteiger partial charge in [0.25, 0.3) is 0 Å². The zero-order valence-electron chi connectivity index (χ0n) is 13.9.